The van der Waals surface area contributed by atoms with Crippen LogP contribution in [0.1, 0.15) is 30.7 Å². The highest BCUT2D eigenvalue weighted by atomic mass is 35.5. The maximum atomic E-state index is 12.4. The fourth-order valence-corrected chi connectivity index (χ4v) is 4.08. The Kier molecular flexibility index (Phi) is 6.58. The molecule has 0 aliphatic carbocycles. The van der Waals surface area contributed by atoms with Gasteiger partial charge >= 0.3 is 0 Å². The summed E-state index contributed by atoms with van der Waals surface area (Å²) in [6, 6.07) is 14.9. The zero-order valence-electron chi connectivity index (χ0n) is 16.9. The van der Waals surface area contributed by atoms with Crippen LogP contribution in [0.25, 0.3) is 0 Å². The Bertz CT molecular complexity index is 1090. The van der Waals surface area contributed by atoms with E-state index >= 15 is 0 Å². The maximum Gasteiger partial charge on any atom is 0.277 e. The van der Waals surface area contributed by atoms with Gasteiger partial charge in [-0.15, -0.1) is 10.2 Å². The third-order valence-corrected chi connectivity index (χ3v) is 6.05. The molecule has 3 aromatic rings. The van der Waals surface area contributed by atoms with E-state index in [0.717, 1.165) is 23.4 Å². The Morgan fingerprint density at radius 2 is 2.06 bits per heavy atom. The number of hydrogen-bond donors (Lipinski definition) is 1. The van der Waals surface area contributed by atoms with Crippen molar-refractivity contribution in [2.24, 2.45) is 0 Å². The van der Waals surface area contributed by atoms with Crippen molar-refractivity contribution in [2.75, 3.05) is 22.5 Å². The molecule has 31 heavy (non-hydrogen) atoms. The van der Waals surface area contributed by atoms with E-state index in [-0.39, 0.29) is 23.5 Å². The van der Waals surface area contributed by atoms with Crippen molar-refractivity contribution in [3.05, 3.63) is 65.0 Å². The molecule has 0 bridgehead atoms. The number of nitrogens with one attached hydrogen (secondary N) is 1. The summed E-state index contributed by atoms with van der Waals surface area (Å²) in [5, 5.41) is 11.9. The molecule has 9 heteroatoms. The van der Waals surface area contributed by atoms with Crippen LogP contribution in [0.3, 0.4) is 0 Å². The van der Waals surface area contributed by atoms with Crippen LogP contribution in [0.2, 0.25) is 5.02 Å². The largest absolute Gasteiger partial charge is 0.416 e. The number of benzene rings is 2. The van der Waals surface area contributed by atoms with Crippen LogP contribution in [0.4, 0.5) is 11.4 Å². The Hall–Kier alpha value is -2.84. The third-order valence-electron chi connectivity index (χ3n) is 4.98. The average molecular weight is 457 g/mol. The van der Waals surface area contributed by atoms with Crippen molar-refractivity contribution < 1.29 is 14.0 Å². The molecular weight excluding hydrogens is 436 g/mol. The number of anilines is 2. The molecule has 0 saturated carbocycles. The van der Waals surface area contributed by atoms with E-state index in [4.69, 9.17) is 16.0 Å². The number of rotatable bonds is 7. The van der Waals surface area contributed by atoms with Crippen molar-refractivity contribution in [1.82, 2.24) is 10.2 Å². The molecule has 1 N–H and O–H groups in total. The van der Waals surface area contributed by atoms with Crippen LogP contribution in [-0.2, 0) is 16.0 Å². The smallest absolute Gasteiger partial charge is 0.277 e. The van der Waals surface area contributed by atoms with Gasteiger partial charge in [-0.3, -0.25) is 9.59 Å². The number of halogens is 1. The number of amides is 2. The summed E-state index contributed by atoms with van der Waals surface area (Å²) in [6.45, 7) is 2.53. The molecule has 1 saturated heterocycles. The lowest BCUT2D eigenvalue weighted by Crippen LogP contribution is -2.24. The third kappa shape index (κ3) is 5.26. The van der Waals surface area contributed by atoms with Gasteiger partial charge in [-0.1, -0.05) is 42.4 Å². The number of nitrogens with zero attached hydrogens (tertiary/aromatic N) is 3. The molecule has 7 nitrogen and oxygen atoms in total. The lowest BCUT2D eigenvalue weighted by Gasteiger charge is -2.15. The minimum Gasteiger partial charge on any atom is -0.416 e. The first-order valence-electron chi connectivity index (χ1n) is 9.92. The molecular formula is C22H21ClN4O3S. The van der Waals surface area contributed by atoms with Gasteiger partial charge in [-0.2, -0.15) is 0 Å². The highest BCUT2D eigenvalue weighted by Gasteiger charge is 2.35. The quantitative estimate of drug-likeness (QED) is 0.525. The van der Waals surface area contributed by atoms with Crippen molar-refractivity contribution in [2.45, 2.75) is 30.9 Å². The monoisotopic (exact) mass is 456 g/mol. The van der Waals surface area contributed by atoms with Crippen LogP contribution in [0, 0.1) is 0 Å². The van der Waals surface area contributed by atoms with E-state index in [9.17, 15) is 9.59 Å². The number of aromatic nitrogens is 2. The summed E-state index contributed by atoms with van der Waals surface area (Å²) >= 11 is 7.10. The fraction of sp³-hybridized carbons (Fsp3) is 0.273. The SMILES string of the molecule is CCc1cccc(NC(=O)CSc2nnc([C@@H]3CC(=O)N(c4ccc(Cl)cc4)C3)o2)c1. The molecule has 1 atom stereocenters. The normalized spacial score (nSPS) is 16.0. The molecule has 4 rings (SSSR count). The Morgan fingerprint density at radius 1 is 1.26 bits per heavy atom. The number of thioether (sulfide) groups is 1. The molecule has 1 fully saturated rings. The van der Waals surface area contributed by atoms with Crippen LogP contribution >= 0.6 is 23.4 Å². The van der Waals surface area contributed by atoms with Gasteiger partial charge in [0.1, 0.15) is 0 Å². The van der Waals surface area contributed by atoms with Gasteiger partial charge in [0.2, 0.25) is 17.7 Å². The van der Waals surface area contributed by atoms with E-state index in [2.05, 4.69) is 22.4 Å². The van der Waals surface area contributed by atoms with Gasteiger partial charge in [-0.05, 0) is 48.4 Å². The first-order chi connectivity index (χ1) is 15.0. The minimum absolute atomic E-state index is 0.00610. The second-order valence-corrected chi connectivity index (χ2v) is 8.54. The zero-order valence-corrected chi connectivity index (χ0v) is 18.4. The molecule has 1 aliphatic heterocycles. The highest BCUT2D eigenvalue weighted by Crippen LogP contribution is 2.32. The van der Waals surface area contributed by atoms with Crippen LogP contribution in [0.5, 0.6) is 0 Å². The molecule has 160 valence electrons. The van der Waals surface area contributed by atoms with Gasteiger partial charge in [0.15, 0.2) is 0 Å². The fourth-order valence-electron chi connectivity index (χ4n) is 3.38. The Morgan fingerprint density at radius 3 is 2.84 bits per heavy atom. The van der Waals surface area contributed by atoms with Gasteiger partial charge < -0.3 is 14.6 Å². The van der Waals surface area contributed by atoms with Gasteiger partial charge in [0.25, 0.3) is 5.22 Å². The molecule has 1 aromatic heterocycles. The van der Waals surface area contributed by atoms with Gasteiger partial charge in [-0.25, -0.2) is 0 Å². The second kappa shape index (κ2) is 9.53. The van der Waals surface area contributed by atoms with E-state index in [1.165, 1.54) is 11.8 Å². The van der Waals surface area contributed by atoms with E-state index in [1.54, 1.807) is 17.0 Å². The van der Waals surface area contributed by atoms with Crippen LogP contribution in [-0.4, -0.2) is 34.3 Å². The second-order valence-electron chi connectivity index (χ2n) is 7.18. The first-order valence-corrected chi connectivity index (χ1v) is 11.3. The number of aryl methyl sites for hydroxylation is 1. The molecule has 2 heterocycles. The first kappa shape index (κ1) is 21.4. The Balaban J connectivity index is 1.32. The molecule has 0 spiro atoms. The standard InChI is InChI=1S/C22H21ClN4O3S/c1-2-14-4-3-5-17(10-14)24-19(28)13-31-22-26-25-21(30-22)15-11-20(29)27(12-15)18-8-6-16(23)7-9-18/h3-10,15H,2,11-13H2,1H3,(H,24,28)/t15-/m1/s1. The molecule has 1 aliphatic rings. The predicted molar refractivity (Wildman–Crippen MR) is 121 cm³/mol. The molecule has 0 unspecified atom stereocenters. The molecule has 0 radical (unpaired) electrons. The highest BCUT2D eigenvalue weighted by molar-refractivity contribution is 7.99. The topological polar surface area (TPSA) is 88.3 Å². The number of carbonyl (C=O) groups is 2. The van der Waals surface area contributed by atoms with Crippen LogP contribution < -0.4 is 10.2 Å². The van der Waals surface area contributed by atoms with E-state index < -0.39 is 0 Å². The van der Waals surface area contributed by atoms with Crippen molar-refractivity contribution in [3.8, 4) is 0 Å². The maximum absolute atomic E-state index is 12.4. The number of hydrogen-bond acceptors (Lipinski definition) is 6. The van der Waals surface area contributed by atoms with Crippen molar-refractivity contribution in [3.63, 3.8) is 0 Å². The van der Waals surface area contributed by atoms with Gasteiger partial charge in [0, 0.05) is 29.4 Å². The number of carbonyl (C=O) groups excluding carboxylic acids is 2. The zero-order chi connectivity index (χ0) is 21.8. The van der Waals surface area contributed by atoms with Crippen LogP contribution in [0.15, 0.2) is 58.2 Å². The van der Waals surface area contributed by atoms with Crippen molar-refractivity contribution >= 4 is 46.6 Å². The average Bonchev–Trinajstić information content (AvgIpc) is 3.40. The summed E-state index contributed by atoms with van der Waals surface area (Å²) in [7, 11) is 0. The summed E-state index contributed by atoms with van der Waals surface area (Å²) in [6.07, 6.45) is 1.20. The minimum atomic E-state index is -0.185. The summed E-state index contributed by atoms with van der Waals surface area (Å²) in [5.41, 5.74) is 2.71. The molecule has 2 amide bonds. The van der Waals surface area contributed by atoms with E-state index in [0.29, 0.717) is 29.1 Å². The lowest BCUT2D eigenvalue weighted by atomic mass is 10.1. The van der Waals surface area contributed by atoms with Gasteiger partial charge in [0.05, 0.1) is 11.7 Å². The predicted octanol–water partition coefficient (Wildman–Crippen LogP) is 4.54. The Labute approximate surface area is 189 Å². The van der Waals surface area contributed by atoms with Crippen molar-refractivity contribution in [1.29, 1.82) is 0 Å². The summed E-state index contributed by atoms with van der Waals surface area (Å²) < 4.78 is 5.72. The summed E-state index contributed by atoms with van der Waals surface area (Å²) in [5.74, 6) is 0.216. The lowest BCUT2D eigenvalue weighted by molar-refractivity contribution is -0.117. The van der Waals surface area contributed by atoms with E-state index in [1.807, 2.05) is 36.4 Å². The molecule has 2 aromatic carbocycles. The summed E-state index contributed by atoms with van der Waals surface area (Å²) in [4.78, 5) is 26.4.